The summed E-state index contributed by atoms with van der Waals surface area (Å²) in [7, 11) is -0.885. The molecule has 1 aliphatic heterocycles. The van der Waals surface area contributed by atoms with E-state index >= 15 is 0 Å². The molecule has 22 heavy (non-hydrogen) atoms. The van der Waals surface area contributed by atoms with E-state index in [0.29, 0.717) is 6.54 Å². The van der Waals surface area contributed by atoms with Gasteiger partial charge in [-0.3, -0.25) is 4.21 Å². The van der Waals surface area contributed by atoms with E-state index in [1.54, 1.807) is 23.8 Å². The quantitative estimate of drug-likeness (QED) is 0.916. The molecule has 0 bridgehead atoms. The van der Waals surface area contributed by atoms with Crippen molar-refractivity contribution in [3.05, 3.63) is 16.6 Å². The highest BCUT2D eigenvalue weighted by molar-refractivity contribution is 7.85. The van der Waals surface area contributed by atoms with Gasteiger partial charge >= 0.3 is 6.03 Å². The van der Waals surface area contributed by atoms with Gasteiger partial charge in [-0.1, -0.05) is 6.42 Å². The maximum Gasteiger partial charge on any atom is 0.318 e. The van der Waals surface area contributed by atoms with Crippen molar-refractivity contribution in [2.45, 2.75) is 49.3 Å². The second-order valence-electron chi connectivity index (χ2n) is 6.22. The minimum atomic E-state index is -0.885. The van der Waals surface area contributed by atoms with Gasteiger partial charge in [0.2, 0.25) is 0 Å². The topological polar surface area (TPSA) is 62.3 Å². The van der Waals surface area contributed by atoms with Crippen LogP contribution in [0.1, 0.15) is 49.6 Å². The van der Waals surface area contributed by atoms with E-state index in [1.807, 2.05) is 10.3 Å². The lowest BCUT2D eigenvalue weighted by Gasteiger charge is -2.41. The number of carbonyl (C=O) groups is 1. The molecule has 122 valence electrons. The number of piperidine rings is 1. The summed E-state index contributed by atoms with van der Waals surface area (Å²) in [4.78, 5) is 18.9. The van der Waals surface area contributed by atoms with Gasteiger partial charge in [-0.25, -0.2) is 9.78 Å². The second kappa shape index (κ2) is 6.66. The van der Waals surface area contributed by atoms with Crippen molar-refractivity contribution >= 4 is 28.2 Å². The molecule has 3 rings (SSSR count). The molecule has 0 spiro atoms. The number of rotatable bonds is 4. The Bertz CT molecular complexity index is 543. The number of likely N-dealkylation sites (tertiary alicyclic amines) is 1. The molecule has 2 aliphatic rings. The normalized spacial score (nSPS) is 25.3. The molecule has 1 N–H and O–H groups in total. The van der Waals surface area contributed by atoms with Gasteiger partial charge in [0.1, 0.15) is 5.01 Å². The van der Waals surface area contributed by atoms with Gasteiger partial charge in [-0.15, -0.1) is 11.3 Å². The Hall–Kier alpha value is -0.950. The first kappa shape index (κ1) is 15.9. The number of hydrogen-bond donors (Lipinski definition) is 1. The van der Waals surface area contributed by atoms with E-state index in [4.69, 9.17) is 0 Å². The number of amides is 2. The lowest BCUT2D eigenvalue weighted by molar-refractivity contribution is 0.149. The average molecular weight is 342 g/mol. The van der Waals surface area contributed by atoms with Crippen molar-refractivity contribution in [2.24, 2.45) is 0 Å². The minimum Gasteiger partial charge on any atom is -0.336 e. The lowest BCUT2D eigenvalue weighted by Crippen LogP contribution is -2.54. The van der Waals surface area contributed by atoms with Crippen LogP contribution in [0, 0.1) is 0 Å². The van der Waals surface area contributed by atoms with E-state index in [2.05, 4.69) is 10.3 Å². The number of hydrogen-bond acceptors (Lipinski definition) is 4. The van der Waals surface area contributed by atoms with Gasteiger partial charge in [-0.05, 0) is 32.1 Å². The molecule has 1 aromatic rings. The summed E-state index contributed by atoms with van der Waals surface area (Å²) in [5.74, 6) is 0. The summed E-state index contributed by atoms with van der Waals surface area (Å²) >= 11 is 1.61. The highest BCUT2D eigenvalue weighted by Crippen LogP contribution is 2.37. The molecule has 0 radical (unpaired) electrons. The lowest BCUT2D eigenvalue weighted by atomic mass is 9.84. The molecule has 1 aliphatic carbocycles. The molecule has 0 unspecified atom stereocenters. The van der Waals surface area contributed by atoms with E-state index in [0.717, 1.165) is 50.1 Å². The molecular weight excluding hydrogens is 318 g/mol. The van der Waals surface area contributed by atoms with Crippen molar-refractivity contribution in [2.75, 3.05) is 19.3 Å². The van der Waals surface area contributed by atoms with Crippen LogP contribution >= 0.6 is 11.3 Å². The zero-order chi connectivity index (χ0) is 15.6. The third kappa shape index (κ3) is 3.06. The van der Waals surface area contributed by atoms with Crippen LogP contribution < -0.4 is 5.32 Å². The molecule has 5 nitrogen and oxygen atoms in total. The van der Waals surface area contributed by atoms with Gasteiger partial charge in [0.15, 0.2) is 0 Å². The standard InChI is InChI=1S/C15H23N3O2S2/c1-22(20)15(6-4-7-15)11-17-14(19)18-9-3-2-5-12(18)13-16-8-10-21-13/h8,10,12H,2-7,9,11H2,1H3,(H,17,19)/t12-,22+/m1/s1. The third-order valence-electron chi connectivity index (χ3n) is 4.94. The van der Waals surface area contributed by atoms with Gasteiger partial charge in [0.25, 0.3) is 0 Å². The predicted molar refractivity (Wildman–Crippen MR) is 89.5 cm³/mol. The molecule has 2 heterocycles. The molecule has 0 aromatic carbocycles. The molecule has 1 saturated carbocycles. The number of urea groups is 1. The van der Waals surface area contributed by atoms with Crippen LogP contribution in [-0.4, -0.2) is 44.2 Å². The summed E-state index contributed by atoms with van der Waals surface area (Å²) in [5, 5.41) is 6.02. The fourth-order valence-corrected chi connectivity index (χ4v) is 5.23. The number of nitrogens with one attached hydrogen (secondary N) is 1. The van der Waals surface area contributed by atoms with Gasteiger partial charge in [0.05, 0.1) is 10.8 Å². The van der Waals surface area contributed by atoms with Gasteiger partial charge in [0, 0.05) is 41.7 Å². The zero-order valence-electron chi connectivity index (χ0n) is 12.9. The Morgan fingerprint density at radius 2 is 2.32 bits per heavy atom. The van der Waals surface area contributed by atoms with Gasteiger partial charge in [-0.2, -0.15) is 0 Å². The van der Waals surface area contributed by atoms with E-state index in [9.17, 15) is 9.00 Å². The van der Waals surface area contributed by atoms with Crippen LogP contribution in [0.15, 0.2) is 11.6 Å². The van der Waals surface area contributed by atoms with Crippen LogP contribution in [0.5, 0.6) is 0 Å². The largest absolute Gasteiger partial charge is 0.336 e. The van der Waals surface area contributed by atoms with E-state index < -0.39 is 10.8 Å². The fourth-order valence-electron chi connectivity index (χ4n) is 3.31. The SMILES string of the molecule is C[S@](=O)C1(CNC(=O)N2CCCC[C@@H]2c2nccs2)CCC1. The Kier molecular flexibility index (Phi) is 4.82. The van der Waals surface area contributed by atoms with E-state index in [1.165, 1.54) is 0 Å². The molecule has 1 aromatic heterocycles. The highest BCUT2D eigenvalue weighted by Gasteiger charge is 2.41. The number of carbonyl (C=O) groups excluding carboxylic acids is 1. The Morgan fingerprint density at radius 1 is 1.50 bits per heavy atom. The summed E-state index contributed by atoms with van der Waals surface area (Å²) in [6.45, 7) is 1.30. The number of thiazole rings is 1. The number of aromatic nitrogens is 1. The Balaban J connectivity index is 1.64. The maximum atomic E-state index is 12.6. The van der Waals surface area contributed by atoms with Crippen LogP contribution in [-0.2, 0) is 10.8 Å². The van der Waals surface area contributed by atoms with Crippen LogP contribution in [0.4, 0.5) is 4.79 Å². The van der Waals surface area contributed by atoms with Crippen molar-refractivity contribution in [3.63, 3.8) is 0 Å². The second-order valence-corrected chi connectivity index (χ2v) is 8.93. The summed E-state index contributed by atoms with van der Waals surface area (Å²) in [6.07, 6.45) is 9.72. The molecular formula is C15H23N3O2S2. The predicted octanol–water partition coefficient (Wildman–Crippen LogP) is 2.68. The van der Waals surface area contributed by atoms with Crippen molar-refractivity contribution in [1.29, 1.82) is 0 Å². The first-order chi connectivity index (χ1) is 10.6. The number of nitrogens with zero attached hydrogens (tertiary/aromatic N) is 2. The summed E-state index contributed by atoms with van der Waals surface area (Å²) in [5.41, 5.74) is 0. The smallest absolute Gasteiger partial charge is 0.318 e. The monoisotopic (exact) mass is 341 g/mol. The molecule has 2 atom stereocenters. The van der Waals surface area contributed by atoms with E-state index in [-0.39, 0.29) is 16.8 Å². The summed E-state index contributed by atoms with van der Waals surface area (Å²) < 4.78 is 11.7. The highest BCUT2D eigenvalue weighted by atomic mass is 32.2. The van der Waals surface area contributed by atoms with Crippen molar-refractivity contribution in [3.8, 4) is 0 Å². The first-order valence-corrected chi connectivity index (χ1v) is 10.3. The molecule has 2 fully saturated rings. The average Bonchev–Trinajstić information content (AvgIpc) is 2.99. The zero-order valence-corrected chi connectivity index (χ0v) is 14.5. The van der Waals surface area contributed by atoms with Crippen LogP contribution in [0.2, 0.25) is 0 Å². The minimum absolute atomic E-state index is 0.0309. The molecule has 2 amide bonds. The Morgan fingerprint density at radius 3 is 2.91 bits per heavy atom. The maximum absolute atomic E-state index is 12.6. The first-order valence-electron chi connectivity index (χ1n) is 7.90. The van der Waals surface area contributed by atoms with Gasteiger partial charge < -0.3 is 10.2 Å². The Labute approximate surface area is 138 Å². The third-order valence-corrected chi connectivity index (χ3v) is 7.59. The molecule has 1 saturated heterocycles. The van der Waals surface area contributed by atoms with Crippen molar-refractivity contribution in [1.82, 2.24) is 15.2 Å². The fraction of sp³-hybridized carbons (Fsp3) is 0.733. The van der Waals surface area contributed by atoms with Crippen LogP contribution in [0.3, 0.4) is 0 Å². The van der Waals surface area contributed by atoms with Crippen molar-refractivity contribution < 1.29 is 9.00 Å². The molecule has 7 heteroatoms. The summed E-state index contributed by atoms with van der Waals surface area (Å²) in [6, 6.07) is 0.0647. The van der Waals surface area contributed by atoms with Crippen LogP contribution in [0.25, 0.3) is 0 Å².